The van der Waals surface area contributed by atoms with Gasteiger partial charge in [0.2, 0.25) is 0 Å². The molecule has 1 unspecified atom stereocenters. The van der Waals surface area contributed by atoms with Gasteiger partial charge in [0.1, 0.15) is 5.54 Å². The molecule has 16 heavy (non-hydrogen) atoms. The zero-order valence-electron chi connectivity index (χ0n) is 10.0. The van der Waals surface area contributed by atoms with Gasteiger partial charge >= 0.3 is 5.97 Å². The molecule has 0 radical (unpaired) electrons. The predicted octanol–water partition coefficient (Wildman–Crippen LogP) is 1.03. The summed E-state index contributed by atoms with van der Waals surface area (Å²) < 4.78 is 1.66. The molecule has 2 N–H and O–H groups in total. The van der Waals surface area contributed by atoms with E-state index >= 15 is 0 Å². The maximum atomic E-state index is 11.2. The lowest BCUT2D eigenvalue weighted by atomic mass is 10.0. The van der Waals surface area contributed by atoms with E-state index < -0.39 is 11.5 Å². The van der Waals surface area contributed by atoms with E-state index in [9.17, 15) is 9.90 Å². The summed E-state index contributed by atoms with van der Waals surface area (Å²) in [5, 5.41) is 16.5. The summed E-state index contributed by atoms with van der Waals surface area (Å²) in [6.07, 6.45) is 2.70. The highest BCUT2D eigenvalue weighted by Gasteiger charge is 2.33. The second-order valence-electron chi connectivity index (χ2n) is 4.22. The SMILES string of the molecule is CCCNC(C)(Cn1ccc(C)n1)C(=O)O. The Hall–Kier alpha value is -1.36. The molecule has 0 amide bonds. The summed E-state index contributed by atoms with van der Waals surface area (Å²) >= 11 is 0. The van der Waals surface area contributed by atoms with Crippen LogP contribution in [0, 0.1) is 6.92 Å². The molecule has 0 aliphatic carbocycles. The Balaban J connectivity index is 2.74. The molecule has 0 aromatic carbocycles. The number of nitrogens with zero attached hydrogens (tertiary/aromatic N) is 2. The fourth-order valence-corrected chi connectivity index (χ4v) is 1.48. The Morgan fingerprint density at radius 3 is 2.81 bits per heavy atom. The van der Waals surface area contributed by atoms with E-state index in [0.717, 1.165) is 12.1 Å². The lowest BCUT2D eigenvalue weighted by Gasteiger charge is -2.26. The second-order valence-corrected chi connectivity index (χ2v) is 4.22. The number of rotatable bonds is 6. The highest BCUT2D eigenvalue weighted by atomic mass is 16.4. The number of carboxylic acid groups (broad SMARTS) is 1. The van der Waals surface area contributed by atoms with E-state index in [4.69, 9.17) is 0 Å². The first-order chi connectivity index (χ1) is 7.48. The van der Waals surface area contributed by atoms with Gasteiger partial charge in [0, 0.05) is 6.20 Å². The fourth-order valence-electron chi connectivity index (χ4n) is 1.48. The van der Waals surface area contributed by atoms with Crippen molar-refractivity contribution < 1.29 is 9.90 Å². The summed E-state index contributed by atoms with van der Waals surface area (Å²) in [4.78, 5) is 11.2. The normalized spacial score (nSPS) is 14.7. The molecule has 1 atom stereocenters. The average Bonchev–Trinajstić information content (AvgIpc) is 2.60. The third-order valence-corrected chi connectivity index (χ3v) is 2.49. The van der Waals surface area contributed by atoms with Crippen molar-refractivity contribution in [3.8, 4) is 0 Å². The molecular weight excluding hydrogens is 206 g/mol. The predicted molar refractivity (Wildman–Crippen MR) is 61.3 cm³/mol. The van der Waals surface area contributed by atoms with Crippen molar-refractivity contribution >= 4 is 5.97 Å². The smallest absolute Gasteiger partial charge is 0.325 e. The van der Waals surface area contributed by atoms with E-state index in [1.54, 1.807) is 17.8 Å². The average molecular weight is 225 g/mol. The van der Waals surface area contributed by atoms with Crippen LogP contribution >= 0.6 is 0 Å². The Labute approximate surface area is 95.5 Å². The number of hydrogen-bond donors (Lipinski definition) is 2. The van der Waals surface area contributed by atoms with E-state index in [1.165, 1.54) is 0 Å². The number of hydrogen-bond acceptors (Lipinski definition) is 3. The Kier molecular flexibility index (Phi) is 4.06. The summed E-state index contributed by atoms with van der Waals surface area (Å²) in [6, 6.07) is 1.86. The molecule has 5 nitrogen and oxygen atoms in total. The number of carboxylic acids is 1. The molecule has 0 bridgehead atoms. The standard InChI is InChI=1S/C11H19N3O2/c1-4-6-12-11(3,10(15)16)8-14-7-5-9(2)13-14/h5,7,12H,4,6,8H2,1-3H3,(H,15,16). The maximum Gasteiger partial charge on any atom is 0.325 e. The van der Waals surface area contributed by atoms with Crippen LogP contribution in [0.15, 0.2) is 12.3 Å². The molecule has 1 aromatic rings. The lowest BCUT2D eigenvalue weighted by Crippen LogP contribution is -2.52. The van der Waals surface area contributed by atoms with Gasteiger partial charge in [-0.25, -0.2) is 0 Å². The third-order valence-electron chi connectivity index (χ3n) is 2.49. The third kappa shape index (κ3) is 3.06. The van der Waals surface area contributed by atoms with Crippen molar-refractivity contribution in [3.63, 3.8) is 0 Å². The molecule has 1 aromatic heterocycles. The Morgan fingerprint density at radius 1 is 1.69 bits per heavy atom. The topological polar surface area (TPSA) is 67.2 Å². The second kappa shape index (κ2) is 5.12. The van der Waals surface area contributed by atoms with Crippen LogP contribution < -0.4 is 5.32 Å². The molecule has 0 fully saturated rings. The van der Waals surface area contributed by atoms with Crippen molar-refractivity contribution in [1.82, 2.24) is 15.1 Å². The van der Waals surface area contributed by atoms with Crippen molar-refractivity contribution in [1.29, 1.82) is 0 Å². The first kappa shape index (κ1) is 12.7. The Morgan fingerprint density at radius 2 is 2.38 bits per heavy atom. The minimum absolute atomic E-state index is 0.330. The number of aromatic nitrogens is 2. The molecular formula is C11H19N3O2. The van der Waals surface area contributed by atoms with Gasteiger partial charge in [-0.1, -0.05) is 6.92 Å². The van der Waals surface area contributed by atoms with E-state index in [-0.39, 0.29) is 0 Å². The van der Waals surface area contributed by atoms with Crippen molar-refractivity contribution in [2.45, 2.75) is 39.3 Å². The van der Waals surface area contributed by atoms with Gasteiger partial charge in [-0.05, 0) is 32.9 Å². The molecule has 0 aliphatic rings. The van der Waals surface area contributed by atoms with Crippen LogP contribution in [0.3, 0.4) is 0 Å². The minimum Gasteiger partial charge on any atom is -0.480 e. The number of aliphatic carboxylic acids is 1. The van der Waals surface area contributed by atoms with Gasteiger partial charge < -0.3 is 10.4 Å². The van der Waals surface area contributed by atoms with Gasteiger partial charge in [-0.3, -0.25) is 9.48 Å². The van der Waals surface area contributed by atoms with Crippen LogP contribution in [-0.4, -0.2) is 32.9 Å². The van der Waals surface area contributed by atoms with Crippen LogP contribution in [0.5, 0.6) is 0 Å². The molecule has 5 heteroatoms. The highest BCUT2D eigenvalue weighted by Crippen LogP contribution is 2.08. The van der Waals surface area contributed by atoms with Crippen molar-refractivity contribution in [2.24, 2.45) is 0 Å². The van der Waals surface area contributed by atoms with Crippen LogP contribution in [0.2, 0.25) is 0 Å². The molecule has 0 saturated carbocycles. The fraction of sp³-hybridized carbons (Fsp3) is 0.636. The van der Waals surface area contributed by atoms with Crippen LogP contribution in [0.1, 0.15) is 26.0 Å². The zero-order valence-corrected chi connectivity index (χ0v) is 10.0. The molecule has 1 heterocycles. The van der Waals surface area contributed by atoms with Crippen molar-refractivity contribution in [2.75, 3.05) is 6.54 Å². The number of nitrogens with one attached hydrogen (secondary N) is 1. The van der Waals surface area contributed by atoms with Crippen molar-refractivity contribution in [3.05, 3.63) is 18.0 Å². The van der Waals surface area contributed by atoms with E-state index in [0.29, 0.717) is 13.1 Å². The summed E-state index contributed by atoms with van der Waals surface area (Å²) in [7, 11) is 0. The maximum absolute atomic E-state index is 11.2. The molecule has 0 aliphatic heterocycles. The monoisotopic (exact) mass is 225 g/mol. The minimum atomic E-state index is -0.964. The van der Waals surface area contributed by atoms with E-state index in [1.807, 2.05) is 19.9 Å². The number of aryl methyl sites for hydroxylation is 1. The number of carbonyl (C=O) groups is 1. The quantitative estimate of drug-likeness (QED) is 0.759. The molecule has 90 valence electrons. The van der Waals surface area contributed by atoms with Gasteiger partial charge in [-0.2, -0.15) is 5.10 Å². The first-order valence-electron chi connectivity index (χ1n) is 5.46. The van der Waals surface area contributed by atoms with Gasteiger partial charge in [-0.15, -0.1) is 0 Å². The summed E-state index contributed by atoms with van der Waals surface area (Å²) in [6.45, 7) is 6.59. The van der Waals surface area contributed by atoms with Crippen LogP contribution in [0.4, 0.5) is 0 Å². The molecule has 0 spiro atoms. The van der Waals surface area contributed by atoms with Crippen LogP contribution in [-0.2, 0) is 11.3 Å². The van der Waals surface area contributed by atoms with E-state index in [2.05, 4.69) is 10.4 Å². The largest absolute Gasteiger partial charge is 0.480 e. The lowest BCUT2D eigenvalue weighted by molar-refractivity contribution is -0.144. The highest BCUT2D eigenvalue weighted by molar-refractivity contribution is 5.78. The van der Waals surface area contributed by atoms with Gasteiger partial charge in [0.15, 0.2) is 0 Å². The summed E-state index contributed by atoms with van der Waals surface area (Å²) in [5.41, 5.74) is -0.0719. The van der Waals surface area contributed by atoms with Crippen LogP contribution in [0.25, 0.3) is 0 Å². The Bertz CT molecular complexity index is 362. The molecule has 0 saturated heterocycles. The first-order valence-corrected chi connectivity index (χ1v) is 5.46. The summed E-state index contributed by atoms with van der Waals surface area (Å²) in [5.74, 6) is -0.853. The van der Waals surface area contributed by atoms with Gasteiger partial charge in [0.25, 0.3) is 0 Å². The molecule has 1 rings (SSSR count). The van der Waals surface area contributed by atoms with Gasteiger partial charge in [0.05, 0.1) is 12.2 Å². The zero-order chi connectivity index (χ0) is 12.2.